The van der Waals surface area contributed by atoms with Crippen LogP contribution in [0.1, 0.15) is 12.0 Å². The van der Waals surface area contributed by atoms with Crippen molar-refractivity contribution < 1.29 is 9.90 Å². The SMILES string of the molecule is N#C[C@H](Cc1ccc(-c2ccccc2)cc1)NC(=O)[C@@H]1C[C@@H](O)CN1. The Kier molecular flexibility index (Phi) is 5.44. The van der Waals surface area contributed by atoms with Gasteiger partial charge in [-0.05, 0) is 23.1 Å². The summed E-state index contributed by atoms with van der Waals surface area (Å²) in [6, 6.07) is 19.2. The number of carbonyl (C=O) groups is 1. The second kappa shape index (κ2) is 7.93. The zero-order valence-corrected chi connectivity index (χ0v) is 13.9. The Labute approximate surface area is 147 Å². The highest BCUT2D eigenvalue weighted by Gasteiger charge is 2.29. The maximum absolute atomic E-state index is 12.2. The maximum Gasteiger partial charge on any atom is 0.238 e. The molecule has 0 spiro atoms. The van der Waals surface area contributed by atoms with Crippen molar-refractivity contribution in [3.8, 4) is 17.2 Å². The minimum atomic E-state index is -0.588. The van der Waals surface area contributed by atoms with Crippen molar-refractivity contribution in [3.05, 3.63) is 60.2 Å². The van der Waals surface area contributed by atoms with E-state index in [9.17, 15) is 15.2 Å². The molecule has 0 bridgehead atoms. The fourth-order valence-corrected chi connectivity index (χ4v) is 3.02. The molecule has 2 aromatic carbocycles. The van der Waals surface area contributed by atoms with Crippen molar-refractivity contribution in [2.75, 3.05) is 6.54 Å². The van der Waals surface area contributed by atoms with E-state index in [4.69, 9.17) is 0 Å². The quantitative estimate of drug-likeness (QED) is 0.775. The number of β-amino-alcohol motifs (C(OH)–C–C–N with tert-alkyl or cyclic N) is 1. The average molecular weight is 335 g/mol. The second-order valence-electron chi connectivity index (χ2n) is 6.31. The maximum atomic E-state index is 12.2. The summed E-state index contributed by atoms with van der Waals surface area (Å²) in [5, 5.41) is 24.5. The van der Waals surface area contributed by atoms with Crippen LogP contribution in [0.5, 0.6) is 0 Å². The zero-order chi connectivity index (χ0) is 17.6. The molecule has 1 aliphatic rings. The first-order chi connectivity index (χ1) is 12.2. The van der Waals surface area contributed by atoms with Gasteiger partial charge in [-0.25, -0.2) is 0 Å². The van der Waals surface area contributed by atoms with Crippen LogP contribution in [-0.2, 0) is 11.2 Å². The summed E-state index contributed by atoms with van der Waals surface area (Å²) in [5.74, 6) is -0.232. The van der Waals surface area contributed by atoms with E-state index in [1.165, 1.54) is 0 Å². The molecule has 1 fully saturated rings. The van der Waals surface area contributed by atoms with Gasteiger partial charge >= 0.3 is 0 Å². The lowest BCUT2D eigenvalue weighted by Crippen LogP contribution is -2.45. The highest BCUT2D eigenvalue weighted by atomic mass is 16.3. The van der Waals surface area contributed by atoms with Crippen LogP contribution in [0, 0.1) is 11.3 Å². The van der Waals surface area contributed by atoms with E-state index in [1.54, 1.807) is 0 Å². The molecule has 0 aliphatic carbocycles. The fourth-order valence-electron chi connectivity index (χ4n) is 3.02. The van der Waals surface area contributed by atoms with Gasteiger partial charge in [-0.1, -0.05) is 54.6 Å². The molecule has 0 radical (unpaired) electrons. The number of amides is 1. The van der Waals surface area contributed by atoms with Crippen molar-refractivity contribution in [1.29, 1.82) is 5.26 Å². The third kappa shape index (κ3) is 4.44. The Bertz CT molecular complexity index is 753. The number of rotatable bonds is 5. The average Bonchev–Trinajstić information content (AvgIpc) is 3.09. The third-order valence-corrected chi connectivity index (χ3v) is 4.40. The van der Waals surface area contributed by atoms with Gasteiger partial charge < -0.3 is 15.7 Å². The van der Waals surface area contributed by atoms with E-state index in [2.05, 4.69) is 28.8 Å². The van der Waals surface area contributed by atoms with Crippen molar-refractivity contribution >= 4 is 5.91 Å². The molecule has 128 valence electrons. The third-order valence-electron chi connectivity index (χ3n) is 4.40. The van der Waals surface area contributed by atoms with Crippen molar-refractivity contribution in [1.82, 2.24) is 10.6 Å². The minimum Gasteiger partial charge on any atom is -0.392 e. The lowest BCUT2D eigenvalue weighted by Gasteiger charge is -2.15. The number of aliphatic hydroxyl groups excluding tert-OH is 1. The van der Waals surface area contributed by atoms with E-state index in [1.807, 2.05) is 42.5 Å². The number of nitrogens with zero attached hydrogens (tertiary/aromatic N) is 1. The second-order valence-corrected chi connectivity index (χ2v) is 6.31. The molecular formula is C20H21N3O2. The molecule has 1 saturated heterocycles. The zero-order valence-electron chi connectivity index (χ0n) is 13.9. The summed E-state index contributed by atoms with van der Waals surface area (Å²) < 4.78 is 0. The summed E-state index contributed by atoms with van der Waals surface area (Å²) >= 11 is 0. The molecule has 5 nitrogen and oxygen atoms in total. The van der Waals surface area contributed by atoms with Crippen LogP contribution >= 0.6 is 0 Å². The number of carbonyl (C=O) groups excluding carboxylic acids is 1. The predicted molar refractivity (Wildman–Crippen MR) is 95.5 cm³/mol. The molecule has 1 amide bonds. The Hall–Kier alpha value is -2.68. The van der Waals surface area contributed by atoms with Gasteiger partial charge in [0, 0.05) is 13.0 Å². The Morgan fingerprint density at radius 2 is 1.88 bits per heavy atom. The van der Waals surface area contributed by atoms with Gasteiger partial charge in [0.25, 0.3) is 0 Å². The normalized spacial score (nSPS) is 20.6. The first-order valence-corrected chi connectivity index (χ1v) is 8.41. The van der Waals surface area contributed by atoms with Crippen LogP contribution in [0.4, 0.5) is 0 Å². The number of nitrogens with one attached hydrogen (secondary N) is 2. The summed E-state index contributed by atoms with van der Waals surface area (Å²) in [4.78, 5) is 12.2. The molecular weight excluding hydrogens is 314 g/mol. The van der Waals surface area contributed by atoms with E-state index in [-0.39, 0.29) is 5.91 Å². The van der Waals surface area contributed by atoms with Gasteiger partial charge in [0.05, 0.1) is 18.2 Å². The molecule has 5 heteroatoms. The van der Waals surface area contributed by atoms with Crippen molar-refractivity contribution in [2.24, 2.45) is 0 Å². The molecule has 1 heterocycles. The molecule has 3 rings (SSSR count). The number of benzene rings is 2. The minimum absolute atomic E-state index is 0.232. The summed E-state index contributed by atoms with van der Waals surface area (Å²) in [7, 11) is 0. The largest absolute Gasteiger partial charge is 0.392 e. The Morgan fingerprint density at radius 3 is 2.48 bits per heavy atom. The number of nitriles is 1. The topological polar surface area (TPSA) is 85.2 Å². The van der Waals surface area contributed by atoms with E-state index in [0.29, 0.717) is 19.4 Å². The Balaban J connectivity index is 1.60. The molecule has 0 unspecified atom stereocenters. The van der Waals surface area contributed by atoms with Gasteiger partial charge in [0.1, 0.15) is 6.04 Å². The van der Waals surface area contributed by atoms with E-state index in [0.717, 1.165) is 16.7 Å². The molecule has 0 aromatic heterocycles. The summed E-state index contributed by atoms with van der Waals surface area (Å²) in [5.41, 5.74) is 3.25. The van der Waals surface area contributed by atoms with Crippen LogP contribution in [-0.4, -0.2) is 35.7 Å². The first kappa shape index (κ1) is 17.2. The molecule has 0 saturated carbocycles. The van der Waals surface area contributed by atoms with Crippen LogP contribution in [0.3, 0.4) is 0 Å². The monoisotopic (exact) mass is 335 g/mol. The molecule has 25 heavy (non-hydrogen) atoms. The van der Waals surface area contributed by atoms with Gasteiger partial charge in [-0.15, -0.1) is 0 Å². The molecule has 1 aliphatic heterocycles. The van der Waals surface area contributed by atoms with Gasteiger partial charge in [0.15, 0.2) is 0 Å². The number of hydrogen-bond acceptors (Lipinski definition) is 4. The lowest BCUT2D eigenvalue weighted by molar-refractivity contribution is -0.123. The smallest absolute Gasteiger partial charge is 0.238 e. The van der Waals surface area contributed by atoms with Crippen LogP contribution < -0.4 is 10.6 Å². The van der Waals surface area contributed by atoms with Gasteiger partial charge in [0.2, 0.25) is 5.91 Å². The first-order valence-electron chi connectivity index (χ1n) is 8.41. The highest BCUT2D eigenvalue weighted by Crippen LogP contribution is 2.19. The molecule has 3 N–H and O–H groups in total. The van der Waals surface area contributed by atoms with E-state index < -0.39 is 18.2 Å². The number of aliphatic hydroxyl groups is 1. The standard InChI is InChI=1S/C20H21N3O2/c21-12-17(23-20(25)19-11-18(24)13-22-19)10-14-6-8-16(9-7-14)15-4-2-1-3-5-15/h1-9,17-19,22,24H,10-11,13H2,(H,23,25)/t17-,18+,19-/m0/s1. The fraction of sp³-hybridized carbons (Fsp3) is 0.300. The molecule has 3 atom stereocenters. The highest BCUT2D eigenvalue weighted by molar-refractivity contribution is 5.82. The summed E-state index contributed by atoms with van der Waals surface area (Å²) in [6.45, 7) is 0.413. The van der Waals surface area contributed by atoms with Crippen molar-refractivity contribution in [3.63, 3.8) is 0 Å². The Morgan fingerprint density at radius 1 is 1.20 bits per heavy atom. The predicted octanol–water partition coefficient (Wildman–Crippen LogP) is 1.63. The lowest BCUT2D eigenvalue weighted by atomic mass is 10.0. The van der Waals surface area contributed by atoms with Crippen molar-refractivity contribution in [2.45, 2.75) is 31.0 Å². The van der Waals surface area contributed by atoms with E-state index >= 15 is 0 Å². The summed E-state index contributed by atoms with van der Waals surface area (Å²) in [6.07, 6.45) is 0.337. The number of hydrogen-bond donors (Lipinski definition) is 3. The molecule has 2 aromatic rings. The van der Waals surface area contributed by atoms with Crippen LogP contribution in [0.2, 0.25) is 0 Å². The van der Waals surface area contributed by atoms with Crippen LogP contribution in [0.25, 0.3) is 11.1 Å². The van der Waals surface area contributed by atoms with Crippen LogP contribution in [0.15, 0.2) is 54.6 Å². The van der Waals surface area contributed by atoms with Gasteiger partial charge in [-0.2, -0.15) is 5.26 Å². The van der Waals surface area contributed by atoms with Gasteiger partial charge in [-0.3, -0.25) is 4.79 Å².